The lowest BCUT2D eigenvalue weighted by Gasteiger charge is -2.18. The van der Waals surface area contributed by atoms with Crippen LogP contribution in [0.15, 0.2) is 59.4 Å². The monoisotopic (exact) mass is 329 g/mol. The van der Waals surface area contributed by atoms with E-state index in [0.717, 1.165) is 5.56 Å². The van der Waals surface area contributed by atoms with Gasteiger partial charge in [0.25, 0.3) is 5.69 Å². The van der Waals surface area contributed by atoms with Crippen LogP contribution in [0.1, 0.15) is 5.56 Å². The van der Waals surface area contributed by atoms with Crippen molar-refractivity contribution in [2.24, 2.45) is 4.99 Å². The first-order valence-electron chi connectivity index (χ1n) is 6.83. The predicted octanol–water partition coefficient (Wildman–Crippen LogP) is 3.63. The predicted molar refractivity (Wildman–Crippen MR) is 88.6 cm³/mol. The van der Waals surface area contributed by atoms with Gasteiger partial charge in [0.05, 0.1) is 16.5 Å². The minimum atomic E-state index is -0.439. The molecular weight excluding hydrogens is 318 g/mol. The molecule has 3 rings (SSSR count). The van der Waals surface area contributed by atoms with Crippen LogP contribution in [0.25, 0.3) is 5.70 Å². The third-order valence-electron chi connectivity index (χ3n) is 3.20. The van der Waals surface area contributed by atoms with Gasteiger partial charge >= 0.3 is 0 Å². The quantitative estimate of drug-likeness (QED) is 0.686. The van der Waals surface area contributed by atoms with Crippen LogP contribution in [0.4, 0.5) is 5.69 Å². The Balaban J connectivity index is 1.96. The van der Waals surface area contributed by atoms with E-state index >= 15 is 0 Å². The van der Waals surface area contributed by atoms with Gasteiger partial charge in [-0.05, 0) is 24.3 Å². The number of rotatable bonds is 4. The number of hydrogen-bond donors (Lipinski definition) is 1. The van der Waals surface area contributed by atoms with Crippen molar-refractivity contribution < 1.29 is 9.66 Å². The van der Waals surface area contributed by atoms with Crippen molar-refractivity contribution in [1.82, 2.24) is 5.32 Å². The summed E-state index contributed by atoms with van der Waals surface area (Å²) < 4.78 is 5.78. The molecule has 0 fully saturated rings. The first-order chi connectivity index (χ1) is 11.1. The molecule has 0 radical (unpaired) electrons. The van der Waals surface area contributed by atoms with Gasteiger partial charge in [0, 0.05) is 23.9 Å². The molecule has 0 spiro atoms. The Labute approximate surface area is 137 Å². The summed E-state index contributed by atoms with van der Waals surface area (Å²) in [6.07, 6.45) is 1.68. The molecule has 1 N–H and O–H groups in total. The van der Waals surface area contributed by atoms with Gasteiger partial charge in [-0.2, -0.15) is 0 Å². The third kappa shape index (κ3) is 3.32. The molecule has 7 heteroatoms. The summed E-state index contributed by atoms with van der Waals surface area (Å²) in [6, 6.07) is 13.3. The van der Waals surface area contributed by atoms with E-state index in [0.29, 0.717) is 28.9 Å². The van der Waals surface area contributed by atoms with E-state index in [9.17, 15) is 10.1 Å². The van der Waals surface area contributed by atoms with Gasteiger partial charge in [-0.15, -0.1) is 0 Å². The maximum absolute atomic E-state index is 10.7. The second-order valence-electron chi connectivity index (χ2n) is 4.71. The van der Waals surface area contributed by atoms with E-state index in [1.165, 1.54) is 12.1 Å². The second kappa shape index (κ2) is 6.50. The zero-order chi connectivity index (χ0) is 16.2. The Morgan fingerprint density at radius 3 is 2.61 bits per heavy atom. The number of nitrogens with zero attached hydrogens (tertiary/aromatic N) is 2. The number of nitro benzene ring substituents is 1. The number of halogens is 1. The molecule has 23 heavy (non-hydrogen) atoms. The molecule has 0 unspecified atom stereocenters. The van der Waals surface area contributed by atoms with Crippen molar-refractivity contribution in [3.63, 3.8) is 0 Å². The van der Waals surface area contributed by atoms with Crippen molar-refractivity contribution in [3.05, 3.63) is 75.1 Å². The third-order valence-corrected chi connectivity index (χ3v) is 3.51. The molecule has 2 aromatic rings. The maximum Gasteiger partial charge on any atom is 0.269 e. The molecule has 0 saturated heterocycles. The Morgan fingerprint density at radius 1 is 1.17 bits per heavy atom. The summed E-state index contributed by atoms with van der Waals surface area (Å²) in [7, 11) is 0. The SMILES string of the molecule is O=[N+]([O-])c1ccc(C2=C(Oc3ccccc3Cl)N=CCN2)cc1. The summed E-state index contributed by atoms with van der Waals surface area (Å²) in [5.41, 5.74) is 1.43. The highest BCUT2D eigenvalue weighted by molar-refractivity contribution is 6.32. The highest BCUT2D eigenvalue weighted by Gasteiger charge is 2.16. The molecule has 1 aliphatic rings. The molecule has 0 amide bonds. The van der Waals surface area contributed by atoms with Crippen LogP contribution in [-0.4, -0.2) is 17.7 Å². The highest BCUT2D eigenvalue weighted by atomic mass is 35.5. The average Bonchev–Trinajstić information content (AvgIpc) is 2.57. The zero-order valence-corrected chi connectivity index (χ0v) is 12.7. The van der Waals surface area contributed by atoms with E-state index in [1.807, 2.05) is 12.1 Å². The van der Waals surface area contributed by atoms with E-state index in [4.69, 9.17) is 16.3 Å². The van der Waals surface area contributed by atoms with Crippen LogP contribution >= 0.6 is 11.6 Å². The molecule has 1 aliphatic heterocycles. The van der Waals surface area contributed by atoms with E-state index in [2.05, 4.69) is 10.3 Å². The molecule has 0 atom stereocenters. The van der Waals surface area contributed by atoms with Crippen molar-refractivity contribution in [2.75, 3.05) is 6.54 Å². The lowest BCUT2D eigenvalue weighted by molar-refractivity contribution is -0.384. The largest absolute Gasteiger partial charge is 0.435 e. The van der Waals surface area contributed by atoms with Gasteiger partial charge in [0.2, 0.25) is 5.88 Å². The minimum Gasteiger partial charge on any atom is -0.435 e. The lowest BCUT2D eigenvalue weighted by atomic mass is 10.1. The van der Waals surface area contributed by atoms with Gasteiger partial charge < -0.3 is 10.1 Å². The lowest BCUT2D eigenvalue weighted by Crippen LogP contribution is -2.22. The van der Waals surface area contributed by atoms with Crippen LogP contribution in [-0.2, 0) is 0 Å². The number of aliphatic imine (C=N–C) groups is 1. The fraction of sp³-hybridized carbons (Fsp3) is 0.0625. The Kier molecular flexibility index (Phi) is 4.25. The molecule has 0 bridgehead atoms. The van der Waals surface area contributed by atoms with E-state index in [-0.39, 0.29) is 5.69 Å². The summed E-state index contributed by atoms with van der Waals surface area (Å²) in [5, 5.41) is 14.4. The summed E-state index contributed by atoms with van der Waals surface area (Å²) in [5.74, 6) is 0.850. The van der Waals surface area contributed by atoms with Crippen molar-refractivity contribution in [3.8, 4) is 5.75 Å². The number of hydrogen-bond acceptors (Lipinski definition) is 5. The van der Waals surface area contributed by atoms with Crippen molar-refractivity contribution in [2.45, 2.75) is 0 Å². The fourth-order valence-electron chi connectivity index (χ4n) is 2.10. The van der Waals surface area contributed by atoms with Crippen LogP contribution in [0.3, 0.4) is 0 Å². The normalized spacial score (nSPS) is 13.6. The van der Waals surface area contributed by atoms with Crippen molar-refractivity contribution >= 4 is 29.2 Å². The van der Waals surface area contributed by atoms with E-state index in [1.54, 1.807) is 30.5 Å². The zero-order valence-electron chi connectivity index (χ0n) is 11.9. The molecule has 0 saturated carbocycles. The van der Waals surface area contributed by atoms with E-state index < -0.39 is 4.92 Å². The smallest absolute Gasteiger partial charge is 0.269 e. The van der Waals surface area contributed by atoms with Gasteiger partial charge in [0.15, 0.2) is 0 Å². The van der Waals surface area contributed by atoms with Crippen molar-refractivity contribution in [1.29, 1.82) is 0 Å². The number of non-ortho nitro benzene ring substituents is 1. The van der Waals surface area contributed by atoms with Crippen LogP contribution < -0.4 is 10.1 Å². The first-order valence-corrected chi connectivity index (χ1v) is 7.21. The molecule has 1 heterocycles. The van der Waals surface area contributed by atoms with Gasteiger partial charge in [0.1, 0.15) is 11.4 Å². The standard InChI is InChI=1S/C16H12ClN3O3/c17-13-3-1-2-4-14(13)23-16-15(18-9-10-19-16)11-5-7-12(8-6-11)20(21)22/h1-8,10,18H,9H2. The van der Waals surface area contributed by atoms with Gasteiger partial charge in [-0.25, -0.2) is 4.99 Å². The number of benzene rings is 2. The topological polar surface area (TPSA) is 76.8 Å². The van der Waals surface area contributed by atoms with Crippen LogP contribution in [0, 0.1) is 10.1 Å². The number of para-hydroxylation sites is 1. The Bertz CT molecular complexity index is 800. The maximum atomic E-state index is 10.7. The number of ether oxygens (including phenoxy) is 1. The highest BCUT2D eigenvalue weighted by Crippen LogP contribution is 2.29. The molecular formula is C16H12ClN3O3. The minimum absolute atomic E-state index is 0.0298. The summed E-state index contributed by atoms with van der Waals surface area (Å²) in [6.45, 7) is 0.543. The van der Waals surface area contributed by atoms with Crippen LogP contribution in [0.2, 0.25) is 5.02 Å². The average molecular weight is 330 g/mol. The summed E-state index contributed by atoms with van der Waals surface area (Å²) in [4.78, 5) is 14.6. The fourth-order valence-corrected chi connectivity index (χ4v) is 2.28. The molecule has 0 aliphatic carbocycles. The second-order valence-corrected chi connectivity index (χ2v) is 5.12. The number of nitrogens with one attached hydrogen (secondary N) is 1. The van der Waals surface area contributed by atoms with Gasteiger partial charge in [-0.1, -0.05) is 23.7 Å². The first kappa shape index (κ1) is 15.1. The molecule has 2 aromatic carbocycles. The Hall–Kier alpha value is -2.86. The number of nitro groups is 1. The van der Waals surface area contributed by atoms with Gasteiger partial charge in [-0.3, -0.25) is 10.1 Å². The molecule has 116 valence electrons. The molecule has 6 nitrogen and oxygen atoms in total. The Morgan fingerprint density at radius 2 is 1.91 bits per heavy atom. The van der Waals surface area contributed by atoms with Crippen LogP contribution in [0.5, 0.6) is 5.75 Å². The summed E-state index contributed by atoms with van der Waals surface area (Å²) >= 11 is 6.10. The molecule has 0 aromatic heterocycles.